The summed E-state index contributed by atoms with van der Waals surface area (Å²) in [5.74, 6) is -0.133. The highest BCUT2D eigenvalue weighted by atomic mass is 16.6. The maximum absolute atomic E-state index is 12.7. The number of aromatic nitrogens is 5. The van der Waals surface area contributed by atoms with Crippen LogP contribution < -0.4 is 15.9 Å². The minimum atomic E-state index is -0.680. The van der Waals surface area contributed by atoms with E-state index >= 15 is 0 Å². The van der Waals surface area contributed by atoms with Crippen molar-refractivity contribution < 1.29 is 19.1 Å². The second kappa shape index (κ2) is 9.34. The Balaban J connectivity index is 1.54. The van der Waals surface area contributed by atoms with Crippen LogP contribution in [0.25, 0.3) is 5.82 Å². The highest BCUT2D eigenvalue weighted by molar-refractivity contribution is 5.94. The molecule has 2 heterocycles. The molecule has 0 radical (unpaired) electrons. The number of hydrazone groups is 1. The van der Waals surface area contributed by atoms with Gasteiger partial charge in [0.2, 0.25) is 11.6 Å². The first-order chi connectivity index (χ1) is 16.0. The van der Waals surface area contributed by atoms with Gasteiger partial charge in [-0.1, -0.05) is 23.4 Å². The Morgan fingerprint density at radius 3 is 2.64 bits per heavy atom. The lowest BCUT2D eigenvalue weighted by Gasteiger charge is -2.08. The van der Waals surface area contributed by atoms with Gasteiger partial charge in [0.05, 0.1) is 11.1 Å². The van der Waals surface area contributed by atoms with Crippen LogP contribution in [-0.2, 0) is 6.61 Å². The molecule has 2 aromatic heterocycles. The molecule has 4 rings (SSSR count). The Morgan fingerprint density at radius 2 is 1.97 bits per heavy atom. The fourth-order valence-electron chi connectivity index (χ4n) is 2.68. The van der Waals surface area contributed by atoms with Gasteiger partial charge in [-0.3, -0.25) is 14.9 Å². The van der Waals surface area contributed by atoms with E-state index in [1.54, 1.807) is 24.3 Å². The molecule has 0 atom stereocenters. The summed E-state index contributed by atoms with van der Waals surface area (Å²) in [6.07, 6.45) is 1.33. The summed E-state index contributed by atoms with van der Waals surface area (Å²) in [5, 5.41) is 29.6. The number of anilines is 1. The van der Waals surface area contributed by atoms with Gasteiger partial charge in [0.15, 0.2) is 5.69 Å². The highest BCUT2D eigenvalue weighted by Crippen LogP contribution is 2.18. The zero-order valence-electron chi connectivity index (χ0n) is 16.7. The quantitative estimate of drug-likeness (QED) is 0.226. The number of carbonyl (C=O) groups excluding carboxylic acids is 1. The monoisotopic (exact) mass is 449 g/mol. The largest absolute Gasteiger partial charge is 0.487 e. The molecule has 0 saturated heterocycles. The average molecular weight is 449 g/mol. The third-order valence-corrected chi connectivity index (χ3v) is 4.28. The molecule has 4 aromatic rings. The van der Waals surface area contributed by atoms with Crippen LogP contribution in [0, 0.1) is 10.1 Å². The second-order valence-corrected chi connectivity index (χ2v) is 6.42. The summed E-state index contributed by atoms with van der Waals surface area (Å²) in [6, 6.07) is 14.5. The minimum Gasteiger partial charge on any atom is -0.487 e. The molecular formula is C19H15N9O5. The number of nitrogens with zero attached hydrogens (tertiary/aromatic N) is 7. The molecule has 0 aliphatic heterocycles. The molecule has 0 unspecified atom stereocenters. The molecule has 14 nitrogen and oxygen atoms in total. The summed E-state index contributed by atoms with van der Waals surface area (Å²) >= 11 is 0. The molecule has 2 aromatic carbocycles. The van der Waals surface area contributed by atoms with Crippen LogP contribution in [-0.4, -0.2) is 42.4 Å². The number of carbonyl (C=O) groups is 1. The van der Waals surface area contributed by atoms with Gasteiger partial charge in [0.1, 0.15) is 18.1 Å². The first-order valence-corrected chi connectivity index (χ1v) is 9.31. The van der Waals surface area contributed by atoms with Crippen LogP contribution >= 0.6 is 0 Å². The zero-order chi connectivity index (χ0) is 23.2. The Hall–Kier alpha value is -5.14. The molecule has 33 heavy (non-hydrogen) atoms. The van der Waals surface area contributed by atoms with Gasteiger partial charge in [0.25, 0.3) is 11.6 Å². The summed E-state index contributed by atoms with van der Waals surface area (Å²) < 4.78 is 11.5. The second-order valence-electron chi connectivity index (χ2n) is 6.42. The Morgan fingerprint density at radius 1 is 1.21 bits per heavy atom. The van der Waals surface area contributed by atoms with Gasteiger partial charge >= 0.3 is 0 Å². The third kappa shape index (κ3) is 4.79. The van der Waals surface area contributed by atoms with E-state index in [-0.39, 0.29) is 35.3 Å². The number of nitrogens with two attached hydrogens (primary N) is 1. The number of hydrogen-bond donors (Lipinski definition) is 2. The summed E-state index contributed by atoms with van der Waals surface area (Å²) in [4.78, 5) is 22.9. The molecule has 166 valence electrons. The Bertz CT molecular complexity index is 1300. The predicted molar refractivity (Wildman–Crippen MR) is 113 cm³/mol. The average Bonchev–Trinajstić information content (AvgIpc) is 3.44. The maximum atomic E-state index is 12.7. The van der Waals surface area contributed by atoms with Crippen LogP contribution in [0.5, 0.6) is 5.75 Å². The standard InChI is InChI=1S/C19H15N9O5/c20-17-18(25-33-24-17)27-15(11-32-14-4-2-1-3-5-14)16(22-26-27)19(29)23-21-10-12-6-8-13(9-7-12)28(30)31/h1-10H,11H2,(H2,20,24)(H,23,29)/b21-10-. The molecule has 0 spiro atoms. The molecule has 1 amide bonds. The topological polar surface area (TPSA) is 189 Å². The lowest BCUT2D eigenvalue weighted by atomic mass is 10.2. The number of ether oxygens (including phenoxy) is 1. The number of hydrogen-bond acceptors (Lipinski definition) is 11. The number of nitro groups is 1. The van der Waals surface area contributed by atoms with Crippen LogP contribution in [0.2, 0.25) is 0 Å². The smallest absolute Gasteiger partial charge is 0.293 e. The third-order valence-electron chi connectivity index (χ3n) is 4.28. The van der Waals surface area contributed by atoms with E-state index in [9.17, 15) is 14.9 Å². The molecule has 0 bridgehead atoms. The Labute approximate surface area is 184 Å². The van der Waals surface area contributed by atoms with Crippen LogP contribution in [0.15, 0.2) is 64.3 Å². The van der Waals surface area contributed by atoms with Gasteiger partial charge in [-0.05, 0) is 40.1 Å². The molecule has 0 saturated carbocycles. The van der Waals surface area contributed by atoms with Crippen molar-refractivity contribution in [1.29, 1.82) is 0 Å². The lowest BCUT2D eigenvalue weighted by Crippen LogP contribution is -2.21. The van der Waals surface area contributed by atoms with Crippen molar-refractivity contribution in [1.82, 2.24) is 30.7 Å². The Kier molecular flexibility index (Phi) is 5.97. The molecule has 0 fully saturated rings. The van der Waals surface area contributed by atoms with E-state index in [0.717, 1.165) is 0 Å². The molecule has 0 aliphatic carbocycles. The van der Waals surface area contributed by atoms with Crippen molar-refractivity contribution in [2.45, 2.75) is 6.61 Å². The van der Waals surface area contributed by atoms with E-state index in [4.69, 9.17) is 10.5 Å². The summed E-state index contributed by atoms with van der Waals surface area (Å²) in [6.45, 7) is -0.0991. The highest BCUT2D eigenvalue weighted by Gasteiger charge is 2.24. The van der Waals surface area contributed by atoms with Gasteiger partial charge in [-0.15, -0.1) is 5.10 Å². The molecule has 3 N–H and O–H groups in total. The number of amides is 1. The van der Waals surface area contributed by atoms with E-state index in [2.05, 4.69) is 35.8 Å². The van der Waals surface area contributed by atoms with E-state index in [0.29, 0.717) is 11.3 Å². The maximum Gasteiger partial charge on any atom is 0.293 e. The number of para-hydroxylation sites is 1. The first-order valence-electron chi connectivity index (χ1n) is 9.31. The number of nitrogens with one attached hydrogen (secondary N) is 1. The normalized spacial score (nSPS) is 10.9. The van der Waals surface area contributed by atoms with Crippen LogP contribution in [0.3, 0.4) is 0 Å². The first kappa shape index (κ1) is 21.1. The number of nitrogen functional groups attached to an aromatic ring is 1. The van der Waals surface area contributed by atoms with Crippen molar-refractivity contribution >= 4 is 23.6 Å². The van der Waals surface area contributed by atoms with Crippen molar-refractivity contribution in [3.63, 3.8) is 0 Å². The zero-order valence-corrected chi connectivity index (χ0v) is 16.7. The van der Waals surface area contributed by atoms with E-state index in [1.807, 2.05) is 6.07 Å². The van der Waals surface area contributed by atoms with Crippen LogP contribution in [0.4, 0.5) is 11.5 Å². The predicted octanol–water partition coefficient (Wildman–Crippen LogP) is 1.48. The van der Waals surface area contributed by atoms with E-state index in [1.165, 1.54) is 35.2 Å². The van der Waals surface area contributed by atoms with Crippen molar-refractivity contribution in [3.05, 3.63) is 81.7 Å². The lowest BCUT2D eigenvalue weighted by molar-refractivity contribution is -0.384. The molecule has 14 heteroatoms. The van der Waals surface area contributed by atoms with Gasteiger partial charge in [0, 0.05) is 12.1 Å². The van der Waals surface area contributed by atoms with E-state index < -0.39 is 10.8 Å². The van der Waals surface area contributed by atoms with Gasteiger partial charge < -0.3 is 10.5 Å². The summed E-state index contributed by atoms with van der Waals surface area (Å²) in [7, 11) is 0. The van der Waals surface area contributed by atoms with Crippen molar-refractivity contribution in [2.75, 3.05) is 5.73 Å². The fraction of sp³-hybridized carbons (Fsp3) is 0.0526. The molecule has 0 aliphatic rings. The number of benzene rings is 2. The minimum absolute atomic E-state index is 0.0441. The SMILES string of the molecule is Nc1nonc1-n1nnc(C(=O)N/N=C\c2ccc([N+](=O)[O-])cc2)c1COc1ccccc1. The molecular weight excluding hydrogens is 434 g/mol. The summed E-state index contributed by atoms with van der Waals surface area (Å²) in [5.41, 5.74) is 8.70. The van der Waals surface area contributed by atoms with Crippen molar-refractivity contribution in [3.8, 4) is 11.6 Å². The van der Waals surface area contributed by atoms with Crippen LogP contribution in [0.1, 0.15) is 21.7 Å². The van der Waals surface area contributed by atoms with Crippen molar-refractivity contribution in [2.24, 2.45) is 5.10 Å². The number of non-ortho nitro benzene ring substituents is 1. The number of nitro benzene ring substituents is 1. The number of rotatable bonds is 8. The van der Waals surface area contributed by atoms with Gasteiger partial charge in [-0.25, -0.2) is 10.1 Å². The fourth-order valence-corrected chi connectivity index (χ4v) is 2.68. The van der Waals surface area contributed by atoms with Gasteiger partial charge in [-0.2, -0.15) is 9.78 Å².